The Morgan fingerprint density at radius 1 is 1.03 bits per heavy atom. The molecule has 170 valence electrons. The Balaban J connectivity index is 1.65. The van der Waals surface area contributed by atoms with Gasteiger partial charge >= 0.3 is 6.18 Å². The quantitative estimate of drug-likeness (QED) is 0.608. The standard InChI is InChI=1S/C23H23F3N2O4/c1-31-20-9-16-17(10-21(20)32-11-13-5-6-18(29)19(30)7-13)27-12-28-22(16)14-3-2-4-15(8-14)23(24,25)26/h2-4,8-10,12-13,18-19,29-30H,5-7,11H2,1H3. The fourth-order valence-corrected chi connectivity index (χ4v) is 3.98. The highest BCUT2D eigenvalue weighted by molar-refractivity contribution is 5.94. The maximum atomic E-state index is 13.2. The van der Waals surface area contributed by atoms with E-state index in [1.165, 1.54) is 19.5 Å². The molecule has 0 spiro atoms. The molecule has 0 saturated heterocycles. The molecule has 0 bridgehead atoms. The van der Waals surface area contributed by atoms with E-state index in [0.717, 1.165) is 18.6 Å². The van der Waals surface area contributed by atoms with Gasteiger partial charge in [0.15, 0.2) is 11.5 Å². The van der Waals surface area contributed by atoms with Gasteiger partial charge in [-0.15, -0.1) is 0 Å². The highest BCUT2D eigenvalue weighted by Crippen LogP contribution is 2.38. The largest absolute Gasteiger partial charge is 0.493 e. The molecule has 2 N–H and O–H groups in total. The molecule has 6 nitrogen and oxygen atoms in total. The average molecular weight is 448 g/mol. The van der Waals surface area contributed by atoms with Gasteiger partial charge in [-0.1, -0.05) is 12.1 Å². The maximum Gasteiger partial charge on any atom is 0.416 e. The van der Waals surface area contributed by atoms with Crippen LogP contribution in [0.5, 0.6) is 11.5 Å². The van der Waals surface area contributed by atoms with Gasteiger partial charge in [0.1, 0.15) is 6.33 Å². The molecule has 0 radical (unpaired) electrons. The fraction of sp³-hybridized carbons (Fsp3) is 0.391. The first kappa shape index (κ1) is 22.3. The SMILES string of the molecule is COc1cc2c(-c3cccc(C(F)(F)F)c3)ncnc2cc1OCC1CCC(O)C(O)C1. The summed E-state index contributed by atoms with van der Waals surface area (Å²) in [6.45, 7) is 0.331. The summed E-state index contributed by atoms with van der Waals surface area (Å²) in [7, 11) is 1.47. The number of rotatable bonds is 5. The normalized spacial score (nSPS) is 21.5. The molecule has 0 amide bonds. The lowest BCUT2D eigenvalue weighted by atomic mass is 9.86. The number of methoxy groups -OCH3 is 1. The van der Waals surface area contributed by atoms with E-state index in [9.17, 15) is 23.4 Å². The van der Waals surface area contributed by atoms with Crippen LogP contribution in [0.25, 0.3) is 22.2 Å². The second-order valence-corrected chi connectivity index (χ2v) is 7.95. The molecule has 32 heavy (non-hydrogen) atoms. The maximum absolute atomic E-state index is 13.2. The summed E-state index contributed by atoms with van der Waals surface area (Å²) in [5, 5.41) is 20.1. The molecule has 3 atom stereocenters. The van der Waals surface area contributed by atoms with Crippen LogP contribution in [0.3, 0.4) is 0 Å². The van der Waals surface area contributed by atoms with Crippen LogP contribution in [-0.4, -0.2) is 46.1 Å². The minimum atomic E-state index is -4.46. The minimum Gasteiger partial charge on any atom is -0.493 e. The van der Waals surface area contributed by atoms with Crippen molar-refractivity contribution in [3.8, 4) is 22.8 Å². The number of aromatic nitrogens is 2. The number of ether oxygens (including phenoxy) is 2. The van der Waals surface area contributed by atoms with Crippen molar-refractivity contribution < 1.29 is 32.9 Å². The first-order valence-electron chi connectivity index (χ1n) is 10.3. The van der Waals surface area contributed by atoms with Crippen LogP contribution in [0.4, 0.5) is 13.2 Å². The Morgan fingerprint density at radius 2 is 1.84 bits per heavy atom. The van der Waals surface area contributed by atoms with Gasteiger partial charge in [0.2, 0.25) is 0 Å². The third-order valence-electron chi connectivity index (χ3n) is 5.75. The molecule has 1 saturated carbocycles. The lowest BCUT2D eigenvalue weighted by Crippen LogP contribution is -2.35. The predicted octanol–water partition coefficient (Wildman–Crippen LogP) is 4.22. The second-order valence-electron chi connectivity index (χ2n) is 7.95. The molecular formula is C23H23F3N2O4. The number of hydrogen-bond acceptors (Lipinski definition) is 6. The molecule has 0 aliphatic heterocycles. The van der Waals surface area contributed by atoms with Crippen molar-refractivity contribution in [2.24, 2.45) is 5.92 Å². The molecule has 1 aliphatic rings. The summed E-state index contributed by atoms with van der Waals surface area (Å²) in [6, 6.07) is 8.30. The second kappa shape index (κ2) is 8.91. The number of benzene rings is 2. The molecule has 1 fully saturated rings. The van der Waals surface area contributed by atoms with E-state index >= 15 is 0 Å². The molecular weight excluding hydrogens is 425 g/mol. The Hall–Kier alpha value is -2.91. The number of aliphatic hydroxyl groups is 2. The van der Waals surface area contributed by atoms with Gasteiger partial charge < -0.3 is 19.7 Å². The van der Waals surface area contributed by atoms with E-state index in [0.29, 0.717) is 53.1 Å². The van der Waals surface area contributed by atoms with E-state index in [-0.39, 0.29) is 5.92 Å². The number of nitrogens with zero attached hydrogens (tertiary/aromatic N) is 2. The highest BCUT2D eigenvalue weighted by Gasteiger charge is 2.31. The summed E-state index contributed by atoms with van der Waals surface area (Å²) in [5.74, 6) is 0.922. The van der Waals surface area contributed by atoms with Crippen molar-refractivity contribution in [2.75, 3.05) is 13.7 Å². The van der Waals surface area contributed by atoms with Crippen LogP contribution in [-0.2, 0) is 6.18 Å². The molecule has 2 aromatic carbocycles. The summed E-state index contributed by atoms with van der Waals surface area (Å²) >= 11 is 0. The summed E-state index contributed by atoms with van der Waals surface area (Å²) < 4.78 is 50.9. The van der Waals surface area contributed by atoms with Crippen LogP contribution < -0.4 is 9.47 Å². The molecule has 1 aliphatic carbocycles. The fourth-order valence-electron chi connectivity index (χ4n) is 3.98. The molecule has 9 heteroatoms. The van der Waals surface area contributed by atoms with Crippen molar-refractivity contribution in [2.45, 2.75) is 37.6 Å². The molecule has 3 aromatic rings. The smallest absolute Gasteiger partial charge is 0.416 e. The van der Waals surface area contributed by atoms with Crippen molar-refractivity contribution in [3.63, 3.8) is 0 Å². The number of halogens is 3. The van der Waals surface area contributed by atoms with E-state index in [2.05, 4.69) is 9.97 Å². The molecule has 3 unspecified atom stereocenters. The van der Waals surface area contributed by atoms with Gasteiger partial charge in [-0.2, -0.15) is 13.2 Å². The van der Waals surface area contributed by atoms with Crippen molar-refractivity contribution in [3.05, 3.63) is 48.3 Å². The van der Waals surface area contributed by atoms with Crippen LogP contribution in [0, 0.1) is 5.92 Å². The van der Waals surface area contributed by atoms with Crippen LogP contribution in [0.2, 0.25) is 0 Å². The summed E-state index contributed by atoms with van der Waals surface area (Å²) in [6.07, 6.45) is -2.94. The predicted molar refractivity (Wildman–Crippen MR) is 111 cm³/mol. The van der Waals surface area contributed by atoms with E-state index in [1.54, 1.807) is 18.2 Å². The monoisotopic (exact) mass is 448 g/mol. The summed E-state index contributed by atoms with van der Waals surface area (Å²) in [5.41, 5.74) is 0.420. The van der Waals surface area contributed by atoms with Gasteiger partial charge in [-0.05, 0) is 43.4 Å². The number of aliphatic hydroxyl groups excluding tert-OH is 2. The van der Waals surface area contributed by atoms with Crippen LogP contribution in [0.1, 0.15) is 24.8 Å². The van der Waals surface area contributed by atoms with Crippen molar-refractivity contribution >= 4 is 10.9 Å². The highest BCUT2D eigenvalue weighted by atomic mass is 19.4. The zero-order chi connectivity index (χ0) is 22.9. The van der Waals surface area contributed by atoms with Crippen LogP contribution >= 0.6 is 0 Å². The van der Waals surface area contributed by atoms with Crippen molar-refractivity contribution in [1.29, 1.82) is 0 Å². The minimum absolute atomic E-state index is 0.0832. The Kier molecular flexibility index (Phi) is 6.21. The average Bonchev–Trinajstić information content (AvgIpc) is 2.78. The van der Waals surface area contributed by atoms with Gasteiger partial charge in [0.05, 0.1) is 42.7 Å². The van der Waals surface area contributed by atoms with Gasteiger partial charge in [0, 0.05) is 17.0 Å². The first-order chi connectivity index (χ1) is 15.3. The topological polar surface area (TPSA) is 84.7 Å². The molecule has 1 aromatic heterocycles. The Bertz CT molecular complexity index is 1110. The zero-order valence-electron chi connectivity index (χ0n) is 17.3. The third kappa shape index (κ3) is 4.63. The zero-order valence-corrected chi connectivity index (χ0v) is 17.3. The number of alkyl halides is 3. The van der Waals surface area contributed by atoms with E-state index in [1.807, 2.05) is 0 Å². The molecule has 4 rings (SSSR count). The lowest BCUT2D eigenvalue weighted by molar-refractivity contribution is -0.137. The van der Waals surface area contributed by atoms with Gasteiger partial charge in [0.25, 0.3) is 0 Å². The van der Waals surface area contributed by atoms with Gasteiger partial charge in [-0.3, -0.25) is 0 Å². The lowest BCUT2D eigenvalue weighted by Gasteiger charge is -2.30. The van der Waals surface area contributed by atoms with Crippen molar-refractivity contribution in [1.82, 2.24) is 9.97 Å². The summed E-state index contributed by atoms with van der Waals surface area (Å²) in [4.78, 5) is 8.46. The first-order valence-corrected chi connectivity index (χ1v) is 10.3. The van der Waals surface area contributed by atoms with E-state index < -0.39 is 23.9 Å². The number of hydrogen-bond donors (Lipinski definition) is 2. The van der Waals surface area contributed by atoms with Gasteiger partial charge in [-0.25, -0.2) is 9.97 Å². The molecule has 1 heterocycles. The van der Waals surface area contributed by atoms with E-state index in [4.69, 9.17) is 9.47 Å². The number of fused-ring (bicyclic) bond motifs is 1. The van der Waals surface area contributed by atoms with Crippen LogP contribution in [0.15, 0.2) is 42.7 Å². The third-order valence-corrected chi connectivity index (χ3v) is 5.75. The Labute approximate surface area is 182 Å². The Morgan fingerprint density at radius 3 is 2.56 bits per heavy atom.